The highest BCUT2D eigenvalue weighted by Crippen LogP contribution is 2.12. The van der Waals surface area contributed by atoms with E-state index in [0.29, 0.717) is 12.6 Å². The lowest BCUT2D eigenvalue weighted by molar-refractivity contribution is 0.515. The molecule has 0 saturated heterocycles. The first-order valence-corrected chi connectivity index (χ1v) is 5.12. The molecule has 0 aliphatic heterocycles. The summed E-state index contributed by atoms with van der Waals surface area (Å²) in [7, 11) is 0. The number of rotatable bonds is 4. The van der Waals surface area contributed by atoms with Gasteiger partial charge in [0.05, 0.1) is 0 Å². The minimum Gasteiger partial charge on any atom is -0.310 e. The predicted octanol–water partition coefficient (Wildman–Crippen LogP) is 3.02. The van der Waals surface area contributed by atoms with Crippen LogP contribution in [0.5, 0.6) is 0 Å². The average Bonchev–Trinajstić information content (AvgIpc) is 2.16. The van der Waals surface area contributed by atoms with Gasteiger partial charge in [-0.2, -0.15) is 0 Å². The summed E-state index contributed by atoms with van der Waals surface area (Å²) in [6.07, 6.45) is 1.06. The Balaban J connectivity index is 2.66. The second-order valence-corrected chi connectivity index (χ2v) is 3.73. The lowest BCUT2D eigenvalue weighted by atomic mass is 10.1. The van der Waals surface area contributed by atoms with E-state index in [1.165, 1.54) is 6.07 Å². The fourth-order valence-electron chi connectivity index (χ4n) is 1.31. The van der Waals surface area contributed by atoms with Gasteiger partial charge in [-0.1, -0.05) is 19.1 Å². The fourth-order valence-corrected chi connectivity index (χ4v) is 1.31. The monoisotopic (exact) mass is 195 g/mol. The van der Waals surface area contributed by atoms with Crippen LogP contribution in [0.1, 0.15) is 31.4 Å². The van der Waals surface area contributed by atoms with E-state index in [0.717, 1.165) is 17.5 Å². The van der Waals surface area contributed by atoms with Crippen molar-refractivity contribution in [2.24, 2.45) is 0 Å². The molecule has 0 amide bonds. The first kappa shape index (κ1) is 11.2. The predicted molar refractivity (Wildman–Crippen MR) is 57.7 cm³/mol. The Morgan fingerprint density at radius 2 is 2.14 bits per heavy atom. The van der Waals surface area contributed by atoms with Crippen molar-refractivity contribution >= 4 is 0 Å². The van der Waals surface area contributed by atoms with Gasteiger partial charge in [0, 0.05) is 18.2 Å². The van der Waals surface area contributed by atoms with Gasteiger partial charge in [-0.05, 0) is 31.9 Å². The lowest BCUT2D eigenvalue weighted by Gasteiger charge is -2.13. The van der Waals surface area contributed by atoms with Crippen LogP contribution >= 0.6 is 0 Å². The van der Waals surface area contributed by atoms with E-state index in [9.17, 15) is 4.39 Å². The smallest absolute Gasteiger partial charge is 0.127 e. The van der Waals surface area contributed by atoms with Crippen molar-refractivity contribution in [2.45, 2.75) is 39.8 Å². The molecule has 0 heterocycles. The van der Waals surface area contributed by atoms with Crippen molar-refractivity contribution in [3.05, 3.63) is 35.1 Å². The average molecular weight is 195 g/mol. The minimum atomic E-state index is -0.110. The number of benzene rings is 1. The van der Waals surface area contributed by atoms with Crippen molar-refractivity contribution < 1.29 is 4.39 Å². The maximum atomic E-state index is 13.4. The van der Waals surface area contributed by atoms with Crippen LogP contribution in [-0.4, -0.2) is 6.04 Å². The van der Waals surface area contributed by atoms with Crippen LogP contribution in [0.15, 0.2) is 18.2 Å². The summed E-state index contributed by atoms with van der Waals surface area (Å²) in [6, 6.07) is 5.64. The lowest BCUT2D eigenvalue weighted by Crippen LogP contribution is -2.25. The quantitative estimate of drug-likeness (QED) is 0.778. The Bertz CT molecular complexity index is 276. The molecular formula is C12H18FN. The molecule has 1 atom stereocenters. The Morgan fingerprint density at radius 3 is 2.71 bits per heavy atom. The molecule has 1 rings (SSSR count). The molecule has 1 unspecified atom stereocenters. The molecule has 0 bridgehead atoms. The van der Waals surface area contributed by atoms with E-state index < -0.39 is 0 Å². The molecule has 0 aromatic heterocycles. The van der Waals surface area contributed by atoms with Crippen LogP contribution in [0.25, 0.3) is 0 Å². The molecule has 1 aromatic rings. The van der Waals surface area contributed by atoms with Gasteiger partial charge in [-0.15, -0.1) is 0 Å². The van der Waals surface area contributed by atoms with Gasteiger partial charge in [-0.3, -0.25) is 0 Å². The number of nitrogens with one attached hydrogen (secondary N) is 1. The molecule has 0 aliphatic carbocycles. The Kier molecular flexibility index (Phi) is 4.08. The molecule has 78 valence electrons. The molecule has 1 nitrogen and oxygen atoms in total. The third-order valence-electron chi connectivity index (χ3n) is 2.59. The number of halogens is 1. The molecule has 14 heavy (non-hydrogen) atoms. The zero-order chi connectivity index (χ0) is 10.6. The van der Waals surface area contributed by atoms with Crippen molar-refractivity contribution in [1.29, 1.82) is 0 Å². The fraction of sp³-hybridized carbons (Fsp3) is 0.500. The van der Waals surface area contributed by atoms with E-state index in [4.69, 9.17) is 0 Å². The van der Waals surface area contributed by atoms with Crippen molar-refractivity contribution in [3.8, 4) is 0 Å². The highest BCUT2D eigenvalue weighted by Gasteiger charge is 2.05. The van der Waals surface area contributed by atoms with Crippen LogP contribution in [0.3, 0.4) is 0 Å². The molecule has 0 aliphatic rings. The third-order valence-corrected chi connectivity index (χ3v) is 2.59. The number of hydrogen-bond donors (Lipinski definition) is 1. The normalized spacial score (nSPS) is 12.9. The Morgan fingerprint density at radius 1 is 1.43 bits per heavy atom. The maximum Gasteiger partial charge on any atom is 0.127 e. The van der Waals surface area contributed by atoms with E-state index in [1.807, 2.05) is 13.0 Å². The van der Waals surface area contributed by atoms with Crippen LogP contribution in [0.4, 0.5) is 4.39 Å². The van der Waals surface area contributed by atoms with Crippen LogP contribution in [0, 0.1) is 12.7 Å². The van der Waals surface area contributed by atoms with Crippen LogP contribution in [-0.2, 0) is 6.54 Å². The highest BCUT2D eigenvalue weighted by molar-refractivity contribution is 5.27. The van der Waals surface area contributed by atoms with E-state index >= 15 is 0 Å². The second kappa shape index (κ2) is 5.11. The summed E-state index contributed by atoms with van der Waals surface area (Å²) < 4.78 is 13.4. The van der Waals surface area contributed by atoms with Gasteiger partial charge in [0.1, 0.15) is 5.82 Å². The van der Waals surface area contributed by atoms with Crippen LogP contribution < -0.4 is 5.32 Å². The molecule has 0 saturated carbocycles. The number of hydrogen-bond acceptors (Lipinski definition) is 1. The van der Waals surface area contributed by atoms with Gasteiger partial charge in [0.15, 0.2) is 0 Å². The van der Waals surface area contributed by atoms with Crippen molar-refractivity contribution in [2.75, 3.05) is 0 Å². The summed E-state index contributed by atoms with van der Waals surface area (Å²) in [5.41, 5.74) is 1.80. The summed E-state index contributed by atoms with van der Waals surface area (Å²) in [5.74, 6) is -0.110. The summed E-state index contributed by atoms with van der Waals surface area (Å²) in [4.78, 5) is 0. The molecular weight excluding hydrogens is 177 g/mol. The van der Waals surface area contributed by atoms with Crippen molar-refractivity contribution in [1.82, 2.24) is 5.32 Å². The molecule has 0 spiro atoms. The SMILES string of the molecule is CCC(C)NCc1c(C)cccc1F. The standard InChI is InChI=1S/C12H18FN/c1-4-10(3)14-8-11-9(2)6-5-7-12(11)13/h5-7,10,14H,4,8H2,1-3H3. The summed E-state index contributed by atoms with van der Waals surface area (Å²) >= 11 is 0. The first-order chi connectivity index (χ1) is 6.65. The van der Waals surface area contributed by atoms with E-state index in [-0.39, 0.29) is 5.82 Å². The summed E-state index contributed by atoms with van der Waals surface area (Å²) in [6.45, 7) is 6.78. The Labute approximate surface area is 85.3 Å². The number of aryl methyl sites for hydroxylation is 1. The zero-order valence-corrected chi connectivity index (χ0v) is 9.10. The summed E-state index contributed by atoms with van der Waals surface area (Å²) in [5, 5.41) is 3.29. The Hall–Kier alpha value is -0.890. The molecule has 2 heteroatoms. The van der Waals surface area contributed by atoms with Gasteiger partial charge >= 0.3 is 0 Å². The molecule has 0 radical (unpaired) electrons. The van der Waals surface area contributed by atoms with Crippen molar-refractivity contribution in [3.63, 3.8) is 0 Å². The topological polar surface area (TPSA) is 12.0 Å². The minimum absolute atomic E-state index is 0.110. The van der Waals surface area contributed by atoms with Gasteiger partial charge < -0.3 is 5.32 Å². The van der Waals surface area contributed by atoms with E-state index in [2.05, 4.69) is 19.2 Å². The van der Waals surface area contributed by atoms with Crippen LogP contribution in [0.2, 0.25) is 0 Å². The molecule has 1 aromatic carbocycles. The second-order valence-electron chi connectivity index (χ2n) is 3.73. The van der Waals surface area contributed by atoms with E-state index in [1.54, 1.807) is 6.07 Å². The van der Waals surface area contributed by atoms with Gasteiger partial charge in [-0.25, -0.2) is 4.39 Å². The van der Waals surface area contributed by atoms with Gasteiger partial charge in [0.2, 0.25) is 0 Å². The molecule has 1 N–H and O–H groups in total. The maximum absolute atomic E-state index is 13.4. The third kappa shape index (κ3) is 2.81. The first-order valence-electron chi connectivity index (χ1n) is 5.12. The largest absolute Gasteiger partial charge is 0.310 e. The van der Waals surface area contributed by atoms with Gasteiger partial charge in [0.25, 0.3) is 0 Å². The molecule has 0 fully saturated rings. The highest BCUT2D eigenvalue weighted by atomic mass is 19.1. The zero-order valence-electron chi connectivity index (χ0n) is 9.10.